The Kier molecular flexibility index (Phi) is 3.90. The molecule has 1 unspecified atom stereocenters. The van der Waals surface area contributed by atoms with Crippen molar-refractivity contribution in [2.75, 3.05) is 4.90 Å². The van der Waals surface area contributed by atoms with Crippen molar-refractivity contribution < 1.29 is 9.59 Å². The Morgan fingerprint density at radius 1 is 1.09 bits per heavy atom. The predicted molar refractivity (Wildman–Crippen MR) is 90.1 cm³/mol. The molecule has 0 saturated carbocycles. The second-order valence-electron chi connectivity index (χ2n) is 6.11. The number of fused-ring (bicyclic) bond motifs is 1. The molecule has 0 saturated heterocycles. The Hall–Kier alpha value is -2.62. The highest BCUT2D eigenvalue weighted by Crippen LogP contribution is 2.37. The van der Waals surface area contributed by atoms with Gasteiger partial charge in [-0.15, -0.1) is 0 Å². The number of carbonyl (C=O) groups excluding carboxylic acids is 2. The summed E-state index contributed by atoms with van der Waals surface area (Å²) in [6.45, 7) is 5.96. The molecule has 4 nitrogen and oxygen atoms in total. The molecular formula is C19H20N2O2. The maximum absolute atomic E-state index is 12.8. The van der Waals surface area contributed by atoms with Gasteiger partial charge in [-0.2, -0.15) is 0 Å². The van der Waals surface area contributed by atoms with E-state index in [1.807, 2.05) is 56.3 Å². The van der Waals surface area contributed by atoms with Crippen LogP contribution in [-0.4, -0.2) is 11.8 Å². The number of anilines is 1. The minimum atomic E-state index is -0.590. The van der Waals surface area contributed by atoms with Crippen LogP contribution in [0.25, 0.3) is 0 Å². The molecule has 4 heteroatoms. The first-order valence-electron chi connectivity index (χ1n) is 7.70. The lowest BCUT2D eigenvalue weighted by molar-refractivity contribution is -0.126. The van der Waals surface area contributed by atoms with Crippen molar-refractivity contribution in [3.8, 4) is 0 Å². The molecule has 0 aliphatic carbocycles. The van der Waals surface area contributed by atoms with Crippen molar-refractivity contribution in [1.29, 1.82) is 0 Å². The SMILES string of the molecule is CC(=O)NC1C(=O)N(Cc2ccc(C)cc2)c2ccc(C)cc21. The van der Waals surface area contributed by atoms with Crippen molar-refractivity contribution in [1.82, 2.24) is 5.32 Å². The highest BCUT2D eigenvalue weighted by Gasteiger charge is 2.37. The molecule has 0 spiro atoms. The summed E-state index contributed by atoms with van der Waals surface area (Å²) < 4.78 is 0. The van der Waals surface area contributed by atoms with Crippen molar-refractivity contribution in [3.63, 3.8) is 0 Å². The minimum absolute atomic E-state index is 0.0821. The van der Waals surface area contributed by atoms with Gasteiger partial charge in [0.2, 0.25) is 5.91 Å². The van der Waals surface area contributed by atoms with Gasteiger partial charge in [-0.05, 0) is 25.5 Å². The van der Waals surface area contributed by atoms with Crippen LogP contribution < -0.4 is 10.2 Å². The Bertz CT molecular complexity index is 765. The fourth-order valence-corrected chi connectivity index (χ4v) is 2.94. The molecule has 0 bridgehead atoms. The number of benzene rings is 2. The fourth-order valence-electron chi connectivity index (χ4n) is 2.94. The van der Waals surface area contributed by atoms with Gasteiger partial charge in [-0.3, -0.25) is 9.59 Å². The quantitative estimate of drug-likeness (QED) is 0.947. The van der Waals surface area contributed by atoms with Crippen LogP contribution in [0.3, 0.4) is 0 Å². The molecule has 1 heterocycles. The average Bonchev–Trinajstić information content (AvgIpc) is 2.74. The van der Waals surface area contributed by atoms with E-state index in [9.17, 15) is 9.59 Å². The summed E-state index contributed by atoms with van der Waals surface area (Å²) in [7, 11) is 0. The number of hydrogen-bond donors (Lipinski definition) is 1. The Morgan fingerprint density at radius 3 is 2.39 bits per heavy atom. The fraction of sp³-hybridized carbons (Fsp3) is 0.263. The van der Waals surface area contributed by atoms with Gasteiger partial charge in [0, 0.05) is 18.2 Å². The third-order valence-corrected chi connectivity index (χ3v) is 4.11. The van der Waals surface area contributed by atoms with Gasteiger partial charge in [-0.1, -0.05) is 47.5 Å². The maximum Gasteiger partial charge on any atom is 0.254 e. The van der Waals surface area contributed by atoms with E-state index in [-0.39, 0.29) is 11.8 Å². The predicted octanol–water partition coefficient (Wildman–Crippen LogP) is 3.03. The van der Waals surface area contributed by atoms with Crippen LogP contribution in [0.1, 0.15) is 35.2 Å². The first kappa shape index (κ1) is 15.3. The first-order chi connectivity index (χ1) is 11.0. The van der Waals surface area contributed by atoms with E-state index in [1.54, 1.807) is 4.90 Å². The van der Waals surface area contributed by atoms with Crippen LogP contribution in [0.4, 0.5) is 5.69 Å². The van der Waals surface area contributed by atoms with Crippen LogP contribution in [0.15, 0.2) is 42.5 Å². The standard InChI is InChI=1S/C19H20N2O2/c1-12-4-7-15(8-5-12)11-21-17-9-6-13(2)10-16(17)18(19(21)23)20-14(3)22/h4-10,18H,11H2,1-3H3,(H,20,22). The summed E-state index contributed by atoms with van der Waals surface area (Å²) in [6, 6.07) is 13.5. The van der Waals surface area contributed by atoms with E-state index in [4.69, 9.17) is 0 Å². The lowest BCUT2D eigenvalue weighted by atomic mass is 10.1. The number of aryl methyl sites for hydroxylation is 2. The topological polar surface area (TPSA) is 49.4 Å². The Balaban J connectivity index is 1.96. The summed E-state index contributed by atoms with van der Waals surface area (Å²) in [5.41, 5.74) is 5.08. The number of rotatable bonds is 3. The highest BCUT2D eigenvalue weighted by molar-refractivity contribution is 6.06. The van der Waals surface area contributed by atoms with Gasteiger partial charge >= 0.3 is 0 Å². The first-order valence-corrected chi connectivity index (χ1v) is 7.70. The molecule has 3 rings (SSSR count). The third-order valence-electron chi connectivity index (χ3n) is 4.11. The summed E-state index contributed by atoms with van der Waals surface area (Å²) in [5, 5.41) is 2.77. The molecule has 1 aliphatic heterocycles. The molecule has 23 heavy (non-hydrogen) atoms. The zero-order chi connectivity index (χ0) is 16.6. The smallest absolute Gasteiger partial charge is 0.254 e. The number of carbonyl (C=O) groups is 2. The summed E-state index contributed by atoms with van der Waals surface area (Å²) in [6.07, 6.45) is 0. The van der Waals surface area contributed by atoms with Gasteiger partial charge in [0.25, 0.3) is 5.91 Å². The largest absolute Gasteiger partial charge is 0.341 e. The van der Waals surface area contributed by atoms with E-state index in [1.165, 1.54) is 12.5 Å². The zero-order valence-electron chi connectivity index (χ0n) is 13.6. The average molecular weight is 308 g/mol. The Labute approximate surface area is 136 Å². The monoisotopic (exact) mass is 308 g/mol. The van der Waals surface area contributed by atoms with Crippen molar-refractivity contribution >= 4 is 17.5 Å². The van der Waals surface area contributed by atoms with Crippen LogP contribution >= 0.6 is 0 Å². The molecule has 2 amide bonds. The van der Waals surface area contributed by atoms with Crippen molar-refractivity contribution in [2.24, 2.45) is 0 Å². The molecule has 0 fully saturated rings. The summed E-state index contributed by atoms with van der Waals surface area (Å²) >= 11 is 0. The molecule has 1 aliphatic rings. The second kappa shape index (κ2) is 5.88. The maximum atomic E-state index is 12.8. The molecule has 1 N–H and O–H groups in total. The van der Waals surface area contributed by atoms with E-state index < -0.39 is 6.04 Å². The molecule has 2 aromatic carbocycles. The van der Waals surface area contributed by atoms with Crippen molar-refractivity contribution in [2.45, 2.75) is 33.4 Å². The molecular weight excluding hydrogens is 288 g/mol. The van der Waals surface area contributed by atoms with Gasteiger partial charge in [-0.25, -0.2) is 0 Å². The van der Waals surface area contributed by atoms with Crippen LogP contribution in [0, 0.1) is 13.8 Å². The molecule has 2 aromatic rings. The Morgan fingerprint density at radius 2 is 1.74 bits per heavy atom. The van der Waals surface area contributed by atoms with E-state index in [0.717, 1.165) is 22.4 Å². The number of hydrogen-bond acceptors (Lipinski definition) is 2. The molecule has 0 aromatic heterocycles. The van der Waals surface area contributed by atoms with Crippen molar-refractivity contribution in [3.05, 3.63) is 64.7 Å². The number of nitrogens with one attached hydrogen (secondary N) is 1. The normalized spacial score (nSPS) is 16.4. The second-order valence-corrected chi connectivity index (χ2v) is 6.11. The van der Waals surface area contributed by atoms with Crippen LogP contribution in [0.5, 0.6) is 0 Å². The van der Waals surface area contributed by atoms with Crippen LogP contribution in [0.2, 0.25) is 0 Å². The summed E-state index contributed by atoms with van der Waals surface area (Å²) in [4.78, 5) is 26.0. The number of nitrogens with zero attached hydrogens (tertiary/aromatic N) is 1. The van der Waals surface area contributed by atoms with Crippen LogP contribution in [-0.2, 0) is 16.1 Å². The van der Waals surface area contributed by atoms with Gasteiger partial charge in [0.05, 0.1) is 6.54 Å². The number of amides is 2. The molecule has 1 atom stereocenters. The minimum Gasteiger partial charge on any atom is -0.341 e. The van der Waals surface area contributed by atoms with E-state index >= 15 is 0 Å². The third kappa shape index (κ3) is 2.97. The summed E-state index contributed by atoms with van der Waals surface area (Å²) in [5.74, 6) is -0.283. The molecule has 118 valence electrons. The van der Waals surface area contributed by atoms with Gasteiger partial charge < -0.3 is 10.2 Å². The van der Waals surface area contributed by atoms with Gasteiger partial charge in [0.1, 0.15) is 6.04 Å². The molecule has 0 radical (unpaired) electrons. The lowest BCUT2D eigenvalue weighted by Gasteiger charge is -2.18. The van der Waals surface area contributed by atoms with E-state index in [2.05, 4.69) is 5.32 Å². The highest BCUT2D eigenvalue weighted by atomic mass is 16.2. The lowest BCUT2D eigenvalue weighted by Crippen LogP contribution is -2.36. The zero-order valence-corrected chi connectivity index (χ0v) is 13.6. The van der Waals surface area contributed by atoms with E-state index in [0.29, 0.717) is 6.54 Å². The van der Waals surface area contributed by atoms with Gasteiger partial charge in [0.15, 0.2) is 0 Å².